The van der Waals surface area contributed by atoms with Crippen molar-refractivity contribution in [1.82, 2.24) is 5.32 Å². The van der Waals surface area contributed by atoms with Crippen LogP contribution in [0, 0.1) is 6.92 Å². The van der Waals surface area contributed by atoms with Gasteiger partial charge in [0.15, 0.2) is 0 Å². The van der Waals surface area contributed by atoms with E-state index in [1.807, 2.05) is 13.1 Å². The molecule has 0 atom stereocenters. The van der Waals surface area contributed by atoms with E-state index < -0.39 is 0 Å². The van der Waals surface area contributed by atoms with Gasteiger partial charge in [0.25, 0.3) is 0 Å². The molecular formula is C15H16ClNS. The molecule has 0 heterocycles. The Morgan fingerprint density at radius 1 is 1.17 bits per heavy atom. The zero-order chi connectivity index (χ0) is 13.0. The molecule has 0 radical (unpaired) electrons. The van der Waals surface area contributed by atoms with E-state index in [1.54, 1.807) is 11.8 Å². The van der Waals surface area contributed by atoms with Gasteiger partial charge >= 0.3 is 0 Å². The normalized spacial score (nSPS) is 10.6. The molecule has 0 aliphatic heterocycles. The molecule has 0 amide bonds. The van der Waals surface area contributed by atoms with Crippen LogP contribution in [0.2, 0.25) is 5.02 Å². The van der Waals surface area contributed by atoms with Gasteiger partial charge in [-0.25, -0.2) is 0 Å². The minimum absolute atomic E-state index is 0.814. The summed E-state index contributed by atoms with van der Waals surface area (Å²) < 4.78 is 0. The molecular weight excluding hydrogens is 262 g/mol. The van der Waals surface area contributed by atoms with Crippen molar-refractivity contribution in [2.24, 2.45) is 0 Å². The topological polar surface area (TPSA) is 12.0 Å². The lowest BCUT2D eigenvalue weighted by Crippen LogP contribution is -2.04. The minimum Gasteiger partial charge on any atom is -0.316 e. The van der Waals surface area contributed by atoms with Gasteiger partial charge < -0.3 is 5.32 Å². The van der Waals surface area contributed by atoms with Gasteiger partial charge in [-0.2, -0.15) is 0 Å². The number of hydrogen-bond acceptors (Lipinski definition) is 2. The van der Waals surface area contributed by atoms with Crippen LogP contribution >= 0.6 is 23.4 Å². The summed E-state index contributed by atoms with van der Waals surface area (Å²) in [5.41, 5.74) is 2.47. The molecule has 2 aromatic carbocycles. The maximum atomic E-state index is 6.31. The fraction of sp³-hybridized carbons (Fsp3) is 0.200. The van der Waals surface area contributed by atoms with Crippen molar-refractivity contribution in [3.63, 3.8) is 0 Å². The lowest BCUT2D eigenvalue weighted by atomic mass is 10.2. The Bertz CT molecular complexity index is 540. The summed E-state index contributed by atoms with van der Waals surface area (Å²) in [6, 6.07) is 14.7. The molecule has 1 N–H and O–H groups in total. The van der Waals surface area contributed by atoms with Crippen LogP contribution in [-0.4, -0.2) is 7.05 Å². The van der Waals surface area contributed by atoms with Crippen molar-refractivity contribution in [1.29, 1.82) is 0 Å². The molecule has 0 bridgehead atoms. The maximum absolute atomic E-state index is 6.31. The Balaban J connectivity index is 2.19. The molecule has 0 aliphatic rings. The third-order valence-electron chi connectivity index (χ3n) is 2.59. The number of aryl methyl sites for hydroxylation is 1. The summed E-state index contributed by atoms with van der Waals surface area (Å²) in [5.74, 6) is 0. The molecule has 0 saturated heterocycles. The third-order valence-corrected chi connectivity index (χ3v) is 4.08. The number of rotatable bonds is 4. The van der Waals surface area contributed by atoms with Crippen LogP contribution in [-0.2, 0) is 6.54 Å². The van der Waals surface area contributed by atoms with Crippen molar-refractivity contribution in [3.05, 3.63) is 58.6 Å². The predicted molar refractivity (Wildman–Crippen MR) is 79.5 cm³/mol. The molecule has 1 nitrogen and oxygen atoms in total. The molecule has 3 heteroatoms. The van der Waals surface area contributed by atoms with Crippen molar-refractivity contribution >= 4 is 23.4 Å². The Morgan fingerprint density at radius 2 is 2.00 bits per heavy atom. The fourth-order valence-electron chi connectivity index (χ4n) is 1.75. The van der Waals surface area contributed by atoms with Crippen molar-refractivity contribution in [2.45, 2.75) is 23.3 Å². The number of benzene rings is 2. The van der Waals surface area contributed by atoms with Gasteiger partial charge in [-0.15, -0.1) is 0 Å². The summed E-state index contributed by atoms with van der Waals surface area (Å²) in [6.45, 7) is 2.94. The van der Waals surface area contributed by atoms with E-state index in [0.717, 1.165) is 16.5 Å². The quantitative estimate of drug-likeness (QED) is 0.882. The van der Waals surface area contributed by atoms with Crippen LogP contribution in [0.15, 0.2) is 52.3 Å². The van der Waals surface area contributed by atoms with Crippen molar-refractivity contribution in [2.75, 3.05) is 7.05 Å². The van der Waals surface area contributed by atoms with Gasteiger partial charge in [-0.05, 0) is 43.8 Å². The molecule has 0 unspecified atom stereocenters. The minimum atomic E-state index is 0.814. The van der Waals surface area contributed by atoms with E-state index in [1.165, 1.54) is 16.0 Å². The SMILES string of the molecule is CNCc1ccc(Sc2cccc(C)c2)c(Cl)c1. The van der Waals surface area contributed by atoms with Crippen LogP contribution in [0.1, 0.15) is 11.1 Å². The highest BCUT2D eigenvalue weighted by molar-refractivity contribution is 7.99. The summed E-state index contributed by atoms with van der Waals surface area (Å²) in [6.07, 6.45) is 0. The first kappa shape index (κ1) is 13.5. The summed E-state index contributed by atoms with van der Waals surface area (Å²) in [4.78, 5) is 2.32. The van der Waals surface area contributed by atoms with Crippen molar-refractivity contribution in [3.8, 4) is 0 Å². The van der Waals surface area contributed by atoms with E-state index >= 15 is 0 Å². The van der Waals surface area contributed by atoms with Gasteiger partial charge in [0.05, 0.1) is 5.02 Å². The zero-order valence-corrected chi connectivity index (χ0v) is 12.1. The molecule has 0 fully saturated rings. The molecule has 0 saturated carbocycles. The lowest BCUT2D eigenvalue weighted by Gasteiger charge is -2.07. The highest BCUT2D eigenvalue weighted by Crippen LogP contribution is 2.34. The molecule has 18 heavy (non-hydrogen) atoms. The summed E-state index contributed by atoms with van der Waals surface area (Å²) in [7, 11) is 1.93. The van der Waals surface area contributed by atoms with Gasteiger partial charge in [-0.3, -0.25) is 0 Å². The number of hydrogen-bond donors (Lipinski definition) is 1. The second kappa shape index (κ2) is 6.28. The summed E-state index contributed by atoms with van der Waals surface area (Å²) in [5, 5.41) is 3.94. The average Bonchev–Trinajstić information content (AvgIpc) is 2.33. The predicted octanol–water partition coefficient (Wildman–Crippen LogP) is 4.52. The summed E-state index contributed by atoms with van der Waals surface area (Å²) >= 11 is 8.01. The Morgan fingerprint density at radius 3 is 2.67 bits per heavy atom. The zero-order valence-electron chi connectivity index (χ0n) is 10.5. The van der Waals surface area contributed by atoms with Crippen LogP contribution in [0.3, 0.4) is 0 Å². The van der Waals surface area contributed by atoms with Crippen LogP contribution < -0.4 is 5.32 Å². The monoisotopic (exact) mass is 277 g/mol. The molecule has 0 aromatic heterocycles. The van der Waals surface area contributed by atoms with Crippen LogP contribution in [0.5, 0.6) is 0 Å². The highest BCUT2D eigenvalue weighted by atomic mass is 35.5. The van der Waals surface area contributed by atoms with Gasteiger partial charge in [0.2, 0.25) is 0 Å². The molecule has 0 aliphatic carbocycles. The standard InChI is InChI=1S/C15H16ClNS/c1-11-4-3-5-13(8-11)18-15-7-6-12(10-17-2)9-14(15)16/h3-9,17H,10H2,1-2H3. The Kier molecular flexibility index (Phi) is 4.70. The average molecular weight is 278 g/mol. The van der Waals surface area contributed by atoms with E-state index in [9.17, 15) is 0 Å². The van der Waals surface area contributed by atoms with E-state index in [2.05, 4.69) is 48.6 Å². The molecule has 2 aromatic rings. The second-order valence-electron chi connectivity index (χ2n) is 4.21. The van der Waals surface area contributed by atoms with E-state index in [-0.39, 0.29) is 0 Å². The van der Waals surface area contributed by atoms with E-state index in [4.69, 9.17) is 11.6 Å². The lowest BCUT2D eigenvalue weighted by molar-refractivity contribution is 0.817. The van der Waals surface area contributed by atoms with Gasteiger partial charge in [-0.1, -0.05) is 47.1 Å². The van der Waals surface area contributed by atoms with Crippen LogP contribution in [0.4, 0.5) is 0 Å². The molecule has 2 rings (SSSR count). The maximum Gasteiger partial charge on any atom is 0.0548 e. The first-order valence-corrected chi connectivity index (χ1v) is 7.06. The molecule has 0 spiro atoms. The second-order valence-corrected chi connectivity index (χ2v) is 5.74. The number of halogens is 1. The third kappa shape index (κ3) is 3.52. The molecule has 94 valence electrons. The van der Waals surface area contributed by atoms with E-state index in [0.29, 0.717) is 0 Å². The number of nitrogens with one attached hydrogen (secondary N) is 1. The van der Waals surface area contributed by atoms with Gasteiger partial charge in [0.1, 0.15) is 0 Å². The first-order valence-electron chi connectivity index (χ1n) is 5.86. The first-order chi connectivity index (χ1) is 8.69. The Labute approximate surface area is 118 Å². The smallest absolute Gasteiger partial charge is 0.0548 e. The fourth-order valence-corrected chi connectivity index (χ4v) is 3.00. The van der Waals surface area contributed by atoms with Gasteiger partial charge in [0, 0.05) is 16.3 Å². The highest BCUT2D eigenvalue weighted by Gasteiger charge is 2.04. The van der Waals surface area contributed by atoms with Crippen LogP contribution in [0.25, 0.3) is 0 Å². The largest absolute Gasteiger partial charge is 0.316 e. The Hall–Kier alpha value is -0.960. The van der Waals surface area contributed by atoms with Crippen molar-refractivity contribution < 1.29 is 0 Å².